The van der Waals surface area contributed by atoms with Crippen molar-refractivity contribution in [1.29, 1.82) is 0 Å². The standard InChI is InChI=1S/C17H17Cl2N5O2/c1-11-20-14(17(26)24-7-5-23(10-25)6-8-24)9-15(21-11)22-13-4-2-3-12(18)16(13)19/h2-4,9-10H,5-8H2,1H3,(H,20,21,22). The van der Waals surface area contributed by atoms with Gasteiger partial charge in [-0.3, -0.25) is 9.59 Å². The lowest BCUT2D eigenvalue weighted by Gasteiger charge is -2.32. The van der Waals surface area contributed by atoms with E-state index in [1.165, 1.54) is 0 Å². The molecule has 1 aliphatic rings. The van der Waals surface area contributed by atoms with Crippen molar-refractivity contribution < 1.29 is 9.59 Å². The van der Waals surface area contributed by atoms with Crippen LogP contribution in [0.2, 0.25) is 10.0 Å². The number of hydrogen-bond donors (Lipinski definition) is 1. The van der Waals surface area contributed by atoms with Gasteiger partial charge in [0, 0.05) is 32.2 Å². The molecule has 0 bridgehead atoms. The number of benzene rings is 1. The molecule has 0 radical (unpaired) electrons. The number of piperazine rings is 1. The maximum absolute atomic E-state index is 12.7. The third kappa shape index (κ3) is 4.05. The van der Waals surface area contributed by atoms with Gasteiger partial charge in [-0.15, -0.1) is 0 Å². The van der Waals surface area contributed by atoms with Crippen molar-refractivity contribution in [2.75, 3.05) is 31.5 Å². The summed E-state index contributed by atoms with van der Waals surface area (Å²) in [5.41, 5.74) is 0.882. The first-order chi connectivity index (χ1) is 12.5. The number of aryl methyl sites for hydroxylation is 1. The summed E-state index contributed by atoms with van der Waals surface area (Å²) in [5.74, 6) is 0.723. The summed E-state index contributed by atoms with van der Waals surface area (Å²) < 4.78 is 0. The Balaban J connectivity index is 1.80. The van der Waals surface area contributed by atoms with Gasteiger partial charge in [0.15, 0.2) is 0 Å². The fourth-order valence-electron chi connectivity index (χ4n) is 2.67. The zero-order valence-corrected chi connectivity index (χ0v) is 15.6. The summed E-state index contributed by atoms with van der Waals surface area (Å²) in [6.07, 6.45) is 0.799. The number of carbonyl (C=O) groups excluding carboxylic acids is 2. The van der Waals surface area contributed by atoms with Gasteiger partial charge in [0.2, 0.25) is 6.41 Å². The van der Waals surface area contributed by atoms with Crippen molar-refractivity contribution in [2.45, 2.75) is 6.92 Å². The van der Waals surface area contributed by atoms with Crippen LogP contribution in [-0.2, 0) is 4.79 Å². The highest BCUT2D eigenvalue weighted by Gasteiger charge is 2.23. The van der Waals surface area contributed by atoms with Crippen molar-refractivity contribution in [1.82, 2.24) is 19.8 Å². The Hall–Kier alpha value is -2.38. The average molecular weight is 394 g/mol. The van der Waals surface area contributed by atoms with E-state index in [-0.39, 0.29) is 11.6 Å². The Morgan fingerprint density at radius 2 is 1.92 bits per heavy atom. The predicted molar refractivity (Wildman–Crippen MR) is 100 cm³/mol. The number of hydrogen-bond acceptors (Lipinski definition) is 5. The van der Waals surface area contributed by atoms with Crippen molar-refractivity contribution in [3.8, 4) is 0 Å². The van der Waals surface area contributed by atoms with Gasteiger partial charge in [0.25, 0.3) is 5.91 Å². The Bertz CT molecular complexity index is 838. The molecule has 0 unspecified atom stereocenters. The minimum absolute atomic E-state index is 0.193. The number of halogens is 2. The molecule has 1 aromatic heterocycles. The third-order valence-corrected chi connectivity index (χ3v) is 4.84. The Labute approximate surface area is 160 Å². The molecule has 9 heteroatoms. The highest BCUT2D eigenvalue weighted by molar-refractivity contribution is 6.43. The number of amides is 2. The first-order valence-corrected chi connectivity index (χ1v) is 8.79. The van der Waals surface area contributed by atoms with E-state index in [0.717, 1.165) is 6.41 Å². The van der Waals surface area contributed by atoms with Gasteiger partial charge in [-0.1, -0.05) is 29.3 Å². The molecule has 136 valence electrons. The summed E-state index contributed by atoms with van der Waals surface area (Å²) >= 11 is 12.2. The van der Waals surface area contributed by atoms with Crippen LogP contribution in [0.4, 0.5) is 11.5 Å². The number of carbonyl (C=O) groups is 2. The minimum atomic E-state index is -0.193. The van der Waals surface area contributed by atoms with Crippen LogP contribution >= 0.6 is 23.2 Å². The molecule has 1 saturated heterocycles. The molecular formula is C17H17Cl2N5O2. The van der Waals surface area contributed by atoms with Gasteiger partial charge in [-0.05, 0) is 19.1 Å². The first-order valence-electron chi connectivity index (χ1n) is 8.03. The quantitative estimate of drug-likeness (QED) is 0.807. The van der Waals surface area contributed by atoms with Crippen LogP contribution in [0.25, 0.3) is 0 Å². The molecule has 1 N–H and O–H groups in total. The summed E-state index contributed by atoms with van der Waals surface area (Å²) in [6, 6.07) is 6.81. The number of nitrogens with one attached hydrogen (secondary N) is 1. The number of nitrogens with zero attached hydrogens (tertiary/aromatic N) is 4. The van der Waals surface area contributed by atoms with Crippen LogP contribution in [0.1, 0.15) is 16.3 Å². The fourth-order valence-corrected chi connectivity index (χ4v) is 3.02. The molecule has 1 aromatic carbocycles. The molecule has 0 aliphatic carbocycles. The summed E-state index contributed by atoms with van der Waals surface area (Å²) in [5, 5.41) is 3.88. The average Bonchev–Trinajstić information content (AvgIpc) is 2.64. The number of rotatable bonds is 4. The van der Waals surface area contributed by atoms with Crippen molar-refractivity contribution in [3.63, 3.8) is 0 Å². The Morgan fingerprint density at radius 1 is 1.19 bits per heavy atom. The van der Waals surface area contributed by atoms with Crippen LogP contribution in [0.5, 0.6) is 0 Å². The first kappa shape index (κ1) is 18.4. The number of aromatic nitrogens is 2. The summed E-state index contributed by atoms with van der Waals surface area (Å²) in [4.78, 5) is 35.4. The molecule has 1 fully saturated rings. The molecule has 3 rings (SSSR count). The van der Waals surface area contributed by atoms with E-state index in [1.807, 2.05) is 0 Å². The van der Waals surface area contributed by atoms with Crippen LogP contribution in [-0.4, -0.2) is 58.3 Å². The van der Waals surface area contributed by atoms with E-state index in [4.69, 9.17) is 23.2 Å². The lowest BCUT2D eigenvalue weighted by Crippen LogP contribution is -2.48. The molecule has 2 aromatic rings. The molecule has 7 nitrogen and oxygen atoms in total. The molecule has 0 atom stereocenters. The van der Waals surface area contributed by atoms with Crippen LogP contribution in [0.15, 0.2) is 24.3 Å². The second-order valence-corrected chi connectivity index (χ2v) is 6.63. The normalized spacial score (nSPS) is 14.3. The summed E-state index contributed by atoms with van der Waals surface area (Å²) in [6.45, 7) is 3.70. The SMILES string of the molecule is Cc1nc(Nc2cccc(Cl)c2Cl)cc(C(=O)N2CCN(C=O)CC2)n1. The smallest absolute Gasteiger partial charge is 0.272 e. The second kappa shape index (κ2) is 7.88. The highest BCUT2D eigenvalue weighted by atomic mass is 35.5. The third-order valence-electron chi connectivity index (χ3n) is 4.02. The Kier molecular flexibility index (Phi) is 5.58. The van der Waals surface area contributed by atoms with Gasteiger partial charge in [-0.2, -0.15) is 0 Å². The maximum atomic E-state index is 12.7. The largest absolute Gasteiger partial charge is 0.342 e. The molecular weight excluding hydrogens is 377 g/mol. The minimum Gasteiger partial charge on any atom is -0.342 e. The molecule has 2 heterocycles. The van der Waals surface area contributed by atoms with Gasteiger partial charge < -0.3 is 15.1 Å². The van der Waals surface area contributed by atoms with Gasteiger partial charge in [-0.25, -0.2) is 9.97 Å². The van der Waals surface area contributed by atoms with Crippen LogP contribution in [0, 0.1) is 6.92 Å². The second-order valence-electron chi connectivity index (χ2n) is 5.85. The zero-order chi connectivity index (χ0) is 18.7. The predicted octanol–water partition coefficient (Wildman–Crippen LogP) is 2.75. The summed E-state index contributed by atoms with van der Waals surface area (Å²) in [7, 11) is 0. The van der Waals surface area contributed by atoms with Gasteiger partial charge in [0.1, 0.15) is 17.3 Å². The zero-order valence-electron chi connectivity index (χ0n) is 14.1. The molecule has 0 saturated carbocycles. The lowest BCUT2D eigenvalue weighted by atomic mass is 10.2. The molecule has 26 heavy (non-hydrogen) atoms. The van der Waals surface area contributed by atoms with E-state index >= 15 is 0 Å². The van der Waals surface area contributed by atoms with Gasteiger partial charge >= 0.3 is 0 Å². The monoisotopic (exact) mass is 393 g/mol. The van der Waals surface area contributed by atoms with E-state index in [1.54, 1.807) is 41.0 Å². The maximum Gasteiger partial charge on any atom is 0.272 e. The van der Waals surface area contributed by atoms with E-state index < -0.39 is 0 Å². The highest BCUT2D eigenvalue weighted by Crippen LogP contribution is 2.31. The van der Waals surface area contributed by atoms with E-state index in [2.05, 4.69) is 15.3 Å². The lowest BCUT2D eigenvalue weighted by molar-refractivity contribution is -0.119. The Morgan fingerprint density at radius 3 is 2.62 bits per heavy atom. The fraction of sp³-hybridized carbons (Fsp3) is 0.294. The van der Waals surface area contributed by atoms with Crippen molar-refractivity contribution in [2.24, 2.45) is 0 Å². The van der Waals surface area contributed by atoms with E-state index in [9.17, 15) is 9.59 Å². The number of anilines is 2. The van der Waals surface area contributed by atoms with Crippen LogP contribution < -0.4 is 5.32 Å². The van der Waals surface area contributed by atoms with Gasteiger partial charge in [0.05, 0.1) is 15.7 Å². The van der Waals surface area contributed by atoms with Crippen molar-refractivity contribution >= 4 is 47.0 Å². The van der Waals surface area contributed by atoms with Crippen LogP contribution in [0.3, 0.4) is 0 Å². The van der Waals surface area contributed by atoms with E-state index in [0.29, 0.717) is 53.6 Å². The molecule has 0 spiro atoms. The topological polar surface area (TPSA) is 78.4 Å². The molecule has 1 aliphatic heterocycles. The molecule has 2 amide bonds. The van der Waals surface area contributed by atoms with Crippen molar-refractivity contribution in [3.05, 3.63) is 45.8 Å².